The Kier molecular flexibility index (Phi) is 3.19. The van der Waals surface area contributed by atoms with Gasteiger partial charge in [-0.3, -0.25) is 4.57 Å². The number of halogens is 2. The van der Waals surface area contributed by atoms with Crippen molar-refractivity contribution in [3.8, 4) is 5.69 Å². The molecule has 0 amide bonds. The Balaban J connectivity index is 2.40. The largest absolute Gasteiger partial charge is 0.265 e. The highest BCUT2D eigenvalue weighted by Gasteiger charge is 2.27. The van der Waals surface area contributed by atoms with Crippen LogP contribution in [0.15, 0.2) is 12.1 Å². The molecule has 0 bridgehead atoms. The summed E-state index contributed by atoms with van der Waals surface area (Å²) in [5.74, 6) is 0.727. The van der Waals surface area contributed by atoms with Gasteiger partial charge in [-0.25, -0.2) is 0 Å². The van der Waals surface area contributed by atoms with Gasteiger partial charge in [-0.05, 0) is 23.7 Å². The standard InChI is InChI=1S/C12H11Cl2N5S/c1-12(2,3)10-15-16-11(14)19(10)9-6(13)4-5-7-8(9)18-20-17-7/h4-5H,1-3H3. The molecule has 1 aromatic carbocycles. The number of rotatable bonds is 1. The van der Waals surface area contributed by atoms with Crippen LogP contribution in [0.1, 0.15) is 26.6 Å². The topological polar surface area (TPSA) is 56.5 Å². The van der Waals surface area contributed by atoms with Crippen LogP contribution in [0.4, 0.5) is 0 Å². The lowest BCUT2D eigenvalue weighted by Gasteiger charge is -2.19. The van der Waals surface area contributed by atoms with Gasteiger partial charge in [0.1, 0.15) is 16.9 Å². The summed E-state index contributed by atoms with van der Waals surface area (Å²) in [7, 11) is 0. The lowest BCUT2D eigenvalue weighted by Crippen LogP contribution is -2.18. The van der Waals surface area contributed by atoms with Crippen molar-refractivity contribution in [3.05, 3.63) is 28.3 Å². The average Bonchev–Trinajstić information content (AvgIpc) is 2.95. The van der Waals surface area contributed by atoms with Crippen LogP contribution >= 0.6 is 34.9 Å². The van der Waals surface area contributed by atoms with E-state index in [9.17, 15) is 0 Å². The van der Waals surface area contributed by atoms with Gasteiger partial charge >= 0.3 is 0 Å². The van der Waals surface area contributed by atoms with E-state index in [1.807, 2.05) is 26.8 Å². The smallest absolute Gasteiger partial charge is 0.229 e. The minimum Gasteiger partial charge on any atom is -0.265 e. The fourth-order valence-electron chi connectivity index (χ4n) is 1.97. The fourth-order valence-corrected chi connectivity index (χ4v) is 2.95. The summed E-state index contributed by atoms with van der Waals surface area (Å²) in [5.41, 5.74) is 1.93. The molecule has 0 aliphatic rings. The second-order valence-electron chi connectivity index (χ2n) is 5.41. The lowest BCUT2D eigenvalue weighted by atomic mass is 9.95. The van der Waals surface area contributed by atoms with Gasteiger partial charge in [0.15, 0.2) is 0 Å². The van der Waals surface area contributed by atoms with Crippen molar-refractivity contribution in [1.82, 2.24) is 23.5 Å². The zero-order valence-corrected chi connectivity index (χ0v) is 13.4. The van der Waals surface area contributed by atoms with Crippen molar-refractivity contribution in [3.63, 3.8) is 0 Å². The van der Waals surface area contributed by atoms with Gasteiger partial charge in [-0.1, -0.05) is 32.4 Å². The number of hydrogen-bond donors (Lipinski definition) is 0. The zero-order valence-electron chi connectivity index (χ0n) is 11.1. The van der Waals surface area contributed by atoms with E-state index in [2.05, 4.69) is 18.9 Å². The normalized spacial score (nSPS) is 12.2. The van der Waals surface area contributed by atoms with Crippen LogP contribution in [-0.4, -0.2) is 23.5 Å². The molecule has 2 heterocycles. The molecular weight excluding hydrogens is 317 g/mol. The van der Waals surface area contributed by atoms with Crippen molar-refractivity contribution in [2.45, 2.75) is 26.2 Å². The van der Waals surface area contributed by atoms with Crippen molar-refractivity contribution in [2.24, 2.45) is 0 Å². The summed E-state index contributed by atoms with van der Waals surface area (Å²) in [5, 5.41) is 8.94. The molecule has 0 N–H and O–H groups in total. The van der Waals surface area contributed by atoms with Gasteiger partial charge in [0.05, 0.1) is 22.4 Å². The number of benzene rings is 1. The Morgan fingerprint density at radius 2 is 1.85 bits per heavy atom. The Morgan fingerprint density at radius 1 is 1.10 bits per heavy atom. The molecule has 0 radical (unpaired) electrons. The van der Waals surface area contributed by atoms with Crippen LogP contribution in [-0.2, 0) is 5.41 Å². The number of hydrogen-bond acceptors (Lipinski definition) is 5. The molecule has 104 valence electrons. The highest BCUT2D eigenvalue weighted by Crippen LogP contribution is 2.34. The number of fused-ring (bicyclic) bond motifs is 1. The highest BCUT2D eigenvalue weighted by atomic mass is 35.5. The lowest BCUT2D eigenvalue weighted by molar-refractivity contribution is 0.533. The molecule has 3 aromatic rings. The van der Waals surface area contributed by atoms with Crippen LogP contribution in [0, 0.1) is 0 Å². The summed E-state index contributed by atoms with van der Waals surface area (Å²) in [6, 6.07) is 3.61. The van der Waals surface area contributed by atoms with E-state index >= 15 is 0 Å². The molecular formula is C12H11Cl2N5S. The molecule has 20 heavy (non-hydrogen) atoms. The monoisotopic (exact) mass is 327 g/mol. The third-order valence-corrected chi connectivity index (χ3v) is 3.96. The SMILES string of the molecule is CC(C)(C)c1nnc(Cl)n1-c1c(Cl)ccc2nsnc12. The second kappa shape index (κ2) is 4.65. The Bertz CT molecular complexity index is 787. The molecule has 0 atom stereocenters. The van der Waals surface area contributed by atoms with Crippen LogP contribution in [0.5, 0.6) is 0 Å². The Labute approximate surface area is 129 Å². The quantitative estimate of drug-likeness (QED) is 0.680. The van der Waals surface area contributed by atoms with Gasteiger partial charge in [0.2, 0.25) is 5.28 Å². The van der Waals surface area contributed by atoms with Gasteiger partial charge < -0.3 is 0 Å². The van der Waals surface area contributed by atoms with E-state index in [4.69, 9.17) is 23.2 Å². The fraction of sp³-hybridized carbons (Fsp3) is 0.333. The molecule has 0 fully saturated rings. The van der Waals surface area contributed by atoms with Crippen LogP contribution in [0.25, 0.3) is 16.7 Å². The molecule has 8 heteroatoms. The molecule has 5 nitrogen and oxygen atoms in total. The highest BCUT2D eigenvalue weighted by molar-refractivity contribution is 7.00. The Hall–Kier alpha value is -1.24. The molecule has 0 saturated heterocycles. The van der Waals surface area contributed by atoms with Gasteiger partial charge in [-0.2, -0.15) is 8.75 Å². The molecule has 0 aliphatic carbocycles. The second-order valence-corrected chi connectivity index (χ2v) is 6.68. The van der Waals surface area contributed by atoms with E-state index in [1.54, 1.807) is 10.6 Å². The first kappa shape index (κ1) is 13.7. The number of nitrogens with zero attached hydrogens (tertiary/aromatic N) is 5. The summed E-state index contributed by atoms with van der Waals surface area (Å²) < 4.78 is 10.3. The maximum absolute atomic E-state index is 6.35. The van der Waals surface area contributed by atoms with E-state index in [1.165, 1.54) is 0 Å². The van der Waals surface area contributed by atoms with Crippen LogP contribution < -0.4 is 0 Å². The van der Waals surface area contributed by atoms with Crippen LogP contribution in [0.2, 0.25) is 10.3 Å². The minimum absolute atomic E-state index is 0.227. The van der Waals surface area contributed by atoms with Crippen molar-refractivity contribution in [2.75, 3.05) is 0 Å². The first-order chi connectivity index (χ1) is 9.39. The summed E-state index contributed by atoms with van der Waals surface area (Å²) in [6.07, 6.45) is 0. The van der Waals surface area contributed by atoms with E-state index in [0.29, 0.717) is 16.2 Å². The summed E-state index contributed by atoms with van der Waals surface area (Å²) in [6.45, 7) is 6.12. The molecule has 0 spiro atoms. The molecule has 0 saturated carbocycles. The summed E-state index contributed by atoms with van der Waals surface area (Å²) in [4.78, 5) is 0. The maximum atomic E-state index is 6.35. The minimum atomic E-state index is -0.227. The third kappa shape index (κ3) is 2.08. The molecule has 0 unspecified atom stereocenters. The van der Waals surface area contributed by atoms with Crippen molar-refractivity contribution < 1.29 is 0 Å². The van der Waals surface area contributed by atoms with E-state index in [-0.39, 0.29) is 10.7 Å². The molecule has 0 aliphatic heterocycles. The third-order valence-electron chi connectivity index (χ3n) is 2.87. The predicted octanol–water partition coefficient (Wildman–Crippen LogP) is 3.88. The molecule has 2 aromatic heterocycles. The van der Waals surface area contributed by atoms with E-state index < -0.39 is 0 Å². The van der Waals surface area contributed by atoms with Gasteiger partial charge in [0, 0.05) is 5.41 Å². The molecule has 3 rings (SSSR count). The van der Waals surface area contributed by atoms with E-state index in [0.717, 1.165) is 23.1 Å². The number of aromatic nitrogens is 5. The van der Waals surface area contributed by atoms with Gasteiger partial charge in [0.25, 0.3) is 0 Å². The van der Waals surface area contributed by atoms with Crippen molar-refractivity contribution in [1.29, 1.82) is 0 Å². The predicted molar refractivity (Wildman–Crippen MR) is 81.1 cm³/mol. The first-order valence-corrected chi connectivity index (χ1v) is 7.41. The Morgan fingerprint density at radius 3 is 2.55 bits per heavy atom. The average molecular weight is 328 g/mol. The van der Waals surface area contributed by atoms with Crippen LogP contribution in [0.3, 0.4) is 0 Å². The van der Waals surface area contributed by atoms with Gasteiger partial charge in [-0.15, -0.1) is 10.2 Å². The maximum Gasteiger partial charge on any atom is 0.229 e. The van der Waals surface area contributed by atoms with Crippen molar-refractivity contribution >= 4 is 46.0 Å². The zero-order chi connectivity index (χ0) is 14.5. The first-order valence-electron chi connectivity index (χ1n) is 5.92. The summed E-state index contributed by atoms with van der Waals surface area (Å²) >= 11 is 13.7.